The summed E-state index contributed by atoms with van der Waals surface area (Å²) >= 11 is 0. The van der Waals surface area contributed by atoms with Gasteiger partial charge in [-0.15, -0.1) is 0 Å². The second-order valence-corrected chi connectivity index (χ2v) is 6.64. The molecule has 0 unspecified atom stereocenters. The number of H-pyrrole nitrogens is 1. The van der Waals surface area contributed by atoms with Crippen molar-refractivity contribution in [3.05, 3.63) is 63.3 Å². The number of amides is 1. The van der Waals surface area contributed by atoms with Gasteiger partial charge in [-0.2, -0.15) is 0 Å². The van der Waals surface area contributed by atoms with Gasteiger partial charge in [0.05, 0.1) is 19.3 Å². The number of hydrogen-bond acceptors (Lipinski definition) is 4. The van der Waals surface area contributed by atoms with Crippen LogP contribution in [0.25, 0.3) is 0 Å². The van der Waals surface area contributed by atoms with Crippen LogP contribution >= 0.6 is 0 Å². The van der Waals surface area contributed by atoms with E-state index in [1.54, 1.807) is 6.92 Å². The Hall–Kier alpha value is -2.67. The molecule has 0 saturated heterocycles. The van der Waals surface area contributed by atoms with Gasteiger partial charge >= 0.3 is 0 Å². The average molecular weight is 360 g/mol. The van der Waals surface area contributed by atoms with E-state index in [-0.39, 0.29) is 17.0 Å². The Morgan fingerprint density at radius 1 is 1.35 bits per heavy atom. The minimum atomic E-state index is -0.541. The van der Waals surface area contributed by atoms with Gasteiger partial charge in [-0.3, -0.25) is 9.59 Å². The normalized spacial score (nSPS) is 20.2. The third kappa shape index (κ3) is 3.77. The van der Waals surface area contributed by atoms with E-state index >= 15 is 0 Å². The molecule has 3 N–H and O–H groups in total. The molecule has 1 heterocycles. The van der Waals surface area contributed by atoms with E-state index in [0.29, 0.717) is 29.8 Å². The molecular formula is C19H21FN2O4. The monoisotopic (exact) mass is 360 g/mol. The van der Waals surface area contributed by atoms with Crippen LogP contribution in [-0.2, 0) is 0 Å². The number of carbonyl (C=O) groups is 1. The maximum atomic E-state index is 13.8. The van der Waals surface area contributed by atoms with Gasteiger partial charge < -0.3 is 20.1 Å². The second-order valence-electron chi connectivity index (χ2n) is 6.64. The maximum Gasteiger partial charge on any atom is 0.268 e. The average Bonchev–Trinajstić information content (AvgIpc) is 2.56. The molecule has 1 atom stereocenters. The van der Waals surface area contributed by atoms with Crippen LogP contribution in [-0.4, -0.2) is 29.2 Å². The molecule has 0 bridgehead atoms. The number of halogens is 1. The van der Waals surface area contributed by atoms with Crippen LogP contribution in [0.15, 0.2) is 35.1 Å². The van der Waals surface area contributed by atoms with Crippen LogP contribution in [0.1, 0.15) is 40.6 Å². The van der Waals surface area contributed by atoms with E-state index in [1.165, 1.54) is 37.4 Å². The zero-order chi connectivity index (χ0) is 18.8. The van der Waals surface area contributed by atoms with E-state index in [1.807, 2.05) is 0 Å². The highest BCUT2D eigenvalue weighted by Gasteiger charge is 2.37. The first-order chi connectivity index (χ1) is 12.4. The van der Waals surface area contributed by atoms with Gasteiger partial charge in [-0.1, -0.05) is 0 Å². The SMILES string of the molecule is COc1ccc(F)cc1[C@@H](NC(=O)c1cc(=O)cc(C)[nH]1)C1CC(O)C1. The van der Waals surface area contributed by atoms with Crippen molar-refractivity contribution in [3.63, 3.8) is 0 Å². The Morgan fingerprint density at radius 2 is 2.08 bits per heavy atom. The number of rotatable bonds is 5. The number of hydrogen-bond donors (Lipinski definition) is 3. The summed E-state index contributed by atoms with van der Waals surface area (Å²) in [5.41, 5.74) is 0.940. The molecule has 26 heavy (non-hydrogen) atoms. The number of carbonyl (C=O) groups excluding carboxylic acids is 1. The largest absolute Gasteiger partial charge is 0.496 e. The van der Waals surface area contributed by atoms with E-state index in [4.69, 9.17) is 4.74 Å². The van der Waals surface area contributed by atoms with Gasteiger partial charge in [-0.05, 0) is 43.9 Å². The Morgan fingerprint density at radius 3 is 2.69 bits per heavy atom. The quantitative estimate of drug-likeness (QED) is 0.761. The van der Waals surface area contributed by atoms with Crippen molar-refractivity contribution >= 4 is 5.91 Å². The smallest absolute Gasteiger partial charge is 0.268 e. The maximum absolute atomic E-state index is 13.8. The minimum absolute atomic E-state index is 0.0545. The fourth-order valence-corrected chi connectivity index (χ4v) is 3.32. The lowest BCUT2D eigenvalue weighted by atomic mass is 9.74. The van der Waals surface area contributed by atoms with Crippen molar-refractivity contribution in [1.29, 1.82) is 0 Å². The number of aliphatic hydroxyl groups excluding tert-OH is 1. The summed E-state index contributed by atoms with van der Waals surface area (Å²) in [6, 6.07) is 6.19. The van der Waals surface area contributed by atoms with Crippen molar-refractivity contribution in [2.75, 3.05) is 7.11 Å². The summed E-state index contributed by atoms with van der Waals surface area (Å²) in [5.74, 6) is -0.510. The highest BCUT2D eigenvalue weighted by atomic mass is 19.1. The van der Waals surface area contributed by atoms with Gasteiger partial charge in [-0.25, -0.2) is 4.39 Å². The van der Waals surface area contributed by atoms with Crippen LogP contribution < -0.4 is 15.5 Å². The van der Waals surface area contributed by atoms with Crippen molar-refractivity contribution in [3.8, 4) is 5.75 Å². The summed E-state index contributed by atoms with van der Waals surface area (Å²) in [5, 5.41) is 12.5. The first-order valence-electron chi connectivity index (χ1n) is 8.40. The molecule has 0 radical (unpaired) electrons. The molecule has 138 valence electrons. The molecule has 1 fully saturated rings. The second kappa shape index (κ2) is 7.29. The molecular weight excluding hydrogens is 339 g/mol. The molecule has 0 spiro atoms. The molecule has 1 aliphatic carbocycles. The van der Waals surface area contributed by atoms with E-state index in [9.17, 15) is 19.1 Å². The Labute approximate surface area is 150 Å². The first kappa shape index (κ1) is 18.1. The molecule has 6 nitrogen and oxygen atoms in total. The molecule has 1 aromatic heterocycles. The van der Waals surface area contributed by atoms with Crippen LogP contribution in [0, 0.1) is 18.7 Å². The molecule has 1 aliphatic rings. The summed E-state index contributed by atoms with van der Waals surface area (Å²) in [6.45, 7) is 1.69. The lowest BCUT2D eigenvalue weighted by Crippen LogP contribution is -2.42. The van der Waals surface area contributed by atoms with Crippen molar-refractivity contribution < 1.29 is 19.0 Å². The minimum Gasteiger partial charge on any atom is -0.496 e. The van der Waals surface area contributed by atoms with Crippen LogP contribution in [0.3, 0.4) is 0 Å². The highest BCUT2D eigenvalue weighted by molar-refractivity contribution is 5.92. The molecule has 2 aromatic rings. The number of aromatic amines is 1. The van der Waals surface area contributed by atoms with Crippen molar-refractivity contribution in [2.45, 2.75) is 31.9 Å². The third-order valence-electron chi connectivity index (χ3n) is 4.66. The summed E-state index contributed by atoms with van der Waals surface area (Å²) in [6.07, 6.45) is 0.557. The van der Waals surface area contributed by atoms with Crippen LogP contribution in [0.5, 0.6) is 5.75 Å². The van der Waals surface area contributed by atoms with Gasteiger partial charge in [0.25, 0.3) is 5.91 Å². The molecule has 1 aromatic carbocycles. The number of aliphatic hydroxyl groups is 1. The predicted octanol–water partition coefficient (Wildman–Crippen LogP) is 2.07. The Kier molecular flexibility index (Phi) is 5.08. The van der Waals surface area contributed by atoms with Gasteiger partial charge in [0.15, 0.2) is 5.43 Å². The Bertz CT molecular complexity index is 874. The fraction of sp³-hybridized carbons (Fsp3) is 0.368. The molecule has 7 heteroatoms. The van der Waals surface area contributed by atoms with Crippen LogP contribution in [0.2, 0.25) is 0 Å². The number of aryl methyl sites for hydroxylation is 1. The van der Waals surface area contributed by atoms with E-state index in [0.717, 1.165) is 0 Å². The predicted molar refractivity (Wildman–Crippen MR) is 93.7 cm³/mol. The van der Waals surface area contributed by atoms with Crippen molar-refractivity contribution in [2.24, 2.45) is 5.92 Å². The van der Waals surface area contributed by atoms with Gasteiger partial charge in [0.1, 0.15) is 17.3 Å². The standard InChI is InChI=1S/C19H21FN2O4/c1-10-5-13(23)9-16(21-10)19(25)22-18(11-6-14(24)7-11)15-8-12(20)3-4-17(15)26-2/h3-5,8-9,11,14,18,24H,6-7H2,1-2H3,(H,21,23)(H,22,25)/t11?,14?,18-/m0/s1. The zero-order valence-electron chi connectivity index (χ0n) is 14.6. The van der Waals surface area contributed by atoms with Crippen LogP contribution in [0.4, 0.5) is 4.39 Å². The highest BCUT2D eigenvalue weighted by Crippen LogP contribution is 2.41. The van der Waals surface area contributed by atoms with Crippen molar-refractivity contribution in [1.82, 2.24) is 10.3 Å². The number of aromatic nitrogens is 1. The molecule has 1 amide bonds. The fourth-order valence-electron chi connectivity index (χ4n) is 3.32. The van der Waals surface area contributed by atoms with Gasteiger partial charge in [0, 0.05) is 23.4 Å². The zero-order valence-corrected chi connectivity index (χ0v) is 14.6. The third-order valence-corrected chi connectivity index (χ3v) is 4.66. The van der Waals surface area contributed by atoms with Gasteiger partial charge in [0.2, 0.25) is 0 Å². The summed E-state index contributed by atoms with van der Waals surface area (Å²) < 4.78 is 19.1. The molecule has 1 saturated carbocycles. The molecule has 0 aliphatic heterocycles. The topological polar surface area (TPSA) is 91.4 Å². The first-order valence-corrected chi connectivity index (χ1v) is 8.40. The number of pyridine rings is 1. The Balaban J connectivity index is 1.93. The number of benzene rings is 1. The summed E-state index contributed by atoms with van der Waals surface area (Å²) in [7, 11) is 1.48. The van der Waals surface area contributed by atoms with E-state index < -0.39 is 23.9 Å². The number of ether oxygens (including phenoxy) is 1. The summed E-state index contributed by atoms with van der Waals surface area (Å²) in [4.78, 5) is 27.2. The lowest BCUT2D eigenvalue weighted by molar-refractivity contribution is 0.0230. The number of methoxy groups -OCH3 is 1. The van der Waals surface area contributed by atoms with E-state index in [2.05, 4.69) is 10.3 Å². The molecule has 3 rings (SSSR count). The lowest BCUT2D eigenvalue weighted by Gasteiger charge is -2.38. The number of nitrogens with one attached hydrogen (secondary N) is 2.